The monoisotopic (exact) mass is 610 g/mol. The molecule has 0 unspecified atom stereocenters. The Kier molecular flexibility index (Phi) is 10.5. The van der Waals surface area contributed by atoms with Crippen molar-refractivity contribution in [3.8, 4) is 5.75 Å². The van der Waals surface area contributed by atoms with Gasteiger partial charge in [0, 0.05) is 33.5 Å². The van der Waals surface area contributed by atoms with Crippen LogP contribution in [0.2, 0.25) is 15.1 Å². The van der Waals surface area contributed by atoms with Gasteiger partial charge in [-0.1, -0.05) is 87.1 Å². The maximum absolute atomic E-state index is 13.6. The van der Waals surface area contributed by atoms with E-state index >= 15 is 0 Å². The molecule has 3 aromatic carbocycles. The van der Waals surface area contributed by atoms with Crippen molar-refractivity contribution in [3.63, 3.8) is 0 Å². The van der Waals surface area contributed by atoms with Gasteiger partial charge in [0.15, 0.2) is 6.61 Å². The van der Waals surface area contributed by atoms with Crippen LogP contribution >= 0.6 is 50.7 Å². The quantitative estimate of drug-likeness (QED) is 0.270. The number of nitrogens with zero attached hydrogens (tertiary/aromatic N) is 1. The Hall–Kier alpha value is -2.25. The lowest BCUT2D eigenvalue weighted by molar-refractivity contribution is -0.143. The Morgan fingerprint density at radius 3 is 2.33 bits per heavy atom. The summed E-state index contributed by atoms with van der Waals surface area (Å²) in [5.74, 6) is -0.294. The third kappa shape index (κ3) is 8.13. The molecule has 1 N–H and O–H groups in total. The van der Waals surface area contributed by atoms with Gasteiger partial charge in [0.05, 0.1) is 5.02 Å². The summed E-state index contributed by atoms with van der Waals surface area (Å²) in [7, 11) is 0. The fraction of sp³-hybridized carbons (Fsp3) is 0.259. The van der Waals surface area contributed by atoms with E-state index < -0.39 is 6.04 Å². The third-order valence-electron chi connectivity index (χ3n) is 5.30. The van der Waals surface area contributed by atoms with Crippen LogP contribution in [0, 0.1) is 0 Å². The minimum absolute atomic E-state index is 0.0925. The van der Waals surface area contributed by atoms with E-state index in [0.29, 0.717) is 32.8 Å². The number of benzene rings is 3. The zero-order valence-electron chi connectivity index (χ0n) is 19.8. The van der Waals surface area contributed by atoms with Crippen molar-refractivity contribution < 1.29 is 14.3 Å². The summed E-state index contributed by atoms with van der Waals surface area (Å²) >= 11 is 22.1. The molecule has 1 atom stereocenters. The summed E-state index contributed by atoms with van der Waals surface area (Å²) < 4.78 is 6.54. The van der Waals surface area contributed by atoms with Crippen molar-refractivity contribution in [2.45, 2.75) is 38.9 Å². The Bertz CT molecular complexity index is 1210. The predicted octanol–water partition coefficient (Wildman–Crippen LogP) is 6.95. The Balaban J connectivity index is 1.95. The van der Waals surface area contributed by atoms with Crippen LogP contribution in [-0.2, 0) is 22.6 Å². The fourth-order valence-electron chi connectivity index (χ4n) is 3.58. The van der Waals surface area contributed by atoms with E-state index in [1.165, 1.54) is 4.90 Å². The average Bonchev–Trinajstić information content (AvgIpc) is 2.82. The first kappa shape index (κ1) is 28.3. The fourth-order valence-corrected chi connectivity index (χ4v) is 4.78. The van der Waals surface area contributed by atoms with Gasteiger partial charge in [-0.25, -0.2) is 0 Å². The molecule has 9 heteroatoms. The molecule has 0 radical (unpaired) electrons. The van der Waals surface area contributed by atoms with Crippen LogP contribution in [0.25, 0.3) is 0 Å². The molecule has 190 valence electrons. The van der Waals surface area contributed by atoms with E-state index in [0.717, 1.165) is 10.0 Å². The molecular formula is C27H26BrCl3N2O3. The lowest BCUT2D eigenvalue weighted by Crippen LogP contribution is -2.52. The molecule has 0 aliphatic carbocycles. The van der Waals surface area contributed by atoms with E-state index in [1.54, 1.807) is 36.4 Å². The second-order valence-corrected chi connectivity index (χ2v) is 10.7. The van der Waals surface area contributed by atoms with Gasteiger partial charge in [-0.3, -0.25) is 9.59 Å². The standard InChI is InChI=1S/C27H26BrCl3N2O3/c1-17(2)32-27(35)24(12-18-6-4-3-5-7-18)33(15-19-8-10-21(29)14-22(19)30)26(34)16-36-25-11-9-20(28)13-23(25)31/h3-11,13-14,17,24H,12,15-16H2,1-2H3,(H,32,35)/t24-/m1/s1. The number of amides is 2. The second-order valence-electron chi connectivity index (χ2n) is 8.49. The van der Waals surface area contributed by atoms with Crippen LogP contribution in [0.3, 0.4) is 0 Å². The van der Waals surface area contributed by atoms with E-state index in [9.17, 15) is 9.59 Å². The number of hydrogen-bond donors (Lipinski definition) is 1. The van der Waals surface area contributed by atoms with Crippen molar-refractivity contribution in [1.82, 2.24) is 10.2 Å². The molecule has 0 saturated heterocycles. The van der Waals surface area contributed by atoms with Crippen molar-refractivity contribution >= 4 is 62.5 Å². The zero-order valence-corrected chi connectivity index (χ0v) is 23.7. The number of halogens is 4. The largest absolute Gasteiger partial charge is 0.482 e. The molecular weight excluding hydrogens is 587 g/mol. The predicted molar refractivity (Wildman–Crippen MR) is 149 cm³/mol. The van der Waals surface area contributed by atoms with E-state index in [-0.39, 0.29) is 31.0 Å². The number of carbonyl (C=O) groups is 2. The van der Waals surface area contributed by atoms with E-state index in [2.05, 4.69) is 21.2 Å². The van der Waals surface area contributed by atoms with Crippen molar-refractivity contribution in [1.29, 1.82) is 0 Å². The summed E-state index contributed by atoms with van der Waals surface area (Å²) in [6.07, 6.45) is 0.315. The lowest BCUT2D eigenvalue weighted by atomic mass is 10.0. The molecule has 0 saturated carbocycles. The Morgan fingerprint density at radius 2 is 1.69 bits per heavy atom. The van der Waals surface area contributed by atoms with Crippen molar-refractivity contribution in [2.75, 3.05) is 6.61 Å². The molecule has 0 bridgehead atoms. The minimum Gasteiger partial charge on any atom is -0.482 e. The third-order valence-corrected chi connectivity index (χ3v) is 6.68. The molecule has 0 aliphatic heterocycles. The normalized spacial score (nSPS) is 11.8. The van der Waals surface area contributed by atoms with Crippen LogP contribution in [0.1, 0.15) is 25.0 Å². The number of nitrogens with one attached hydrogen (secondary N) is 1. The summed E-state index contributed by atoms with van der Waals surface area (Å²) in [6, 6.07) is 18.8. The Morgan fingerprint density at radius 1 is 0.972 bits per heavy atom. The highest BCUT2D eigenvalue weighted by Crippen LogP contribution is 2.28. The van der Waals surface area contributed by atoms with E-state index in [4.69, 9.17) is 39.5 Å². The van der Waals surface area contributed by atoms with Gasteiger partial charge < -0.3 is 15.0 Å². The number of hydrogen-bond acceptors (Lipinski definition) is 3. The average molecular weight is 613 g/mol. The van der Waals surface area contributed by atoms with Gasteiger partial charge in [0.2, 0.25) is 5.91 Å². The van der Waals surface area contributed by atoms with Gasteiger partial charge in [0.25, 0.3) is 5.91 Å². The number of ether oxygens (including phenoxy) is 1. The molecule has 2 amide bonds. The van der Waals surface area contributed by atoms with Crippen molar-refractivity contribution in [2.24, 2.45) is 0 Å². The number of carbonyl (C=O) groups excluding carboxylic acids is 2. The Labute approximate surface area is 234 Å². The molecule has 0 spiro atoms. The first-order chi connectivity index (χ1) is 17.1. The molecule has 0 fully saturated rings. The van der Waals surface area contributed by atoms with Gasteiger partial charge in [-0.15, -0.1) is 0 Å². The maximum Gasteiger partial charge on any atom is 0.261 e. The summed E-state index contributed by atoms with van der Waals surface area (Å²) in [5.41, 5.74) is 1.57. The molecule has 3 rings (SSSR count). The molecule has 3 aromatic rings. The van der Waals surface area contributed by atoms with Crippen LogP contribution in [-0.4, -0.2) is 35.4 Å². The summed E-state index contributed by atoms with van der Waals surface area (Å²) in [6.45, 7) is 3.53. The van der Waals surface area contributed by atoms with Crippen LogP contribution in [0.5, 0.6) is 5.75 Å². The topological polar surface area (TPSA) is 58.6 Å². The van der Waals surface area contributed by atoms with Gasteiger partial charge >= 0.3 is 0 Å². The van der Waals surface area contributed by atoms with Gasteiger partial charge in [-0.05, 0) is 55.3 Å². The molecule has 0 heterocycles. The van der Waals surface area contributed by atoms with Crippen LogP contribution in [0.15, 0.2) is 71.2 Å². The summed E-state index contributed by atoms with van der Waals surface area (Å²) in [5, 5.41) is 4.19. The highest BCUT2D eigenvalue weighted by Gasteiger charge is 2.31. The van der Waals surface area contributed by atoms with Crippen LogP contribution in [0.4, 0.5) is 0 Å². The smallest absolute Gasteiger partial charge is 0.261 e. The second kappa shape index (κ2) is 13.3. The van der Waals surface area contributed by atoms with Gasteiger partial charge in [-0.2, -0.15) is 0 Å². The SMILES string of the molecule is CC(C)NC(=O)[C@@H](Cc1ccccc1)N(Cc1ccc(Cl)cc1Cl)C(=O)COc1ccc(Br)cc1Cl. The molecule has 36 heavy (non-hydrogen) atoms. The molecule has 0 aromatic heterocycles. The minimum atomic E-state index is -0.807. The maximum atomic E-state index is 13.6. The van der Waals surface area contributed by atoms with E-state index in [1.807, 2.05) is 44.2 Å². The first-order valence-electron chi connectivity index (χ1n) is 11.3. The van der Waals surface area contributed by atoms with Gasteiger partial charge in [0.1, 0.15) is 11.8 Å². The first-order valence-corrected chi connectivity index (χ1v) is 13.2. The summed E-state index contributed by atoms with van der Waals surface area (Å²) in [4.78, 5) is 28.5. The number of rotatable bonds is 10. The highest BCUT2D eigenvalue weighted by atomic mass is 79.9. The molecule has 0 aliphatic rings. The van der Waals surface area contributed by atoms with Crippen LogP contribution < -0.4 is 10.1 Å². The lowest BCUT2D eigenvalue weighted by Gasteiger charge is -2.32. The zero-order chi connectivity index (χ0) is 26.2. The van der Waals surface area contributed by atoms with Crippen molar-refractivity contribution in [3.05, 3.63) is 97.4 Å². The highest BCUT2D eigenvalue weighted by molar-refractivity contribution is 9.10. The molecule has 5 nitrogen and oxygen atoms in total.